The minimum Gasteiger partial charge on any atom is -0.391 e. The second kappa shape index (κ2) is 6.15. The highest BCUT2D eigenvalue weighted by Crippen LogP contribution is 2.26. The van der Waals surface area contributed by atoms with E-state index in [1.807, 2.05) is 20.0 Å². The van der Waals surface area contributed by atoms with Gasteiger partial charge in [-0.1, -0.05) is 19.8 Å². The number of pyridine rings is 1. The number of ketones is 1. The highest BCUT2D eigenvalue weighted by Gasteiger charge is 2.26. The van der Waals surface area contributed by atoms with Crippen LogP contribution in [0.4, 0.5) is 5.69 Å². The van der Waals surface area contributed by atoms with Gasteiger partial charge < -0.3 is 10.0 Å². The summed E-state index contributed by atoms with van der Waals surface area (Å²) in [4.78, 5) is 17.8. The molecule has 0 aromatic carbocycles. The van der Waals surface area contributed by atoms with Crippen LogP contribution < -0.4 is 4.90 Å². The van der Waals surface area contributed by atoms with Crippen LogP contribution in [0.25, 0.3) is 0 Å². The normalized spacial score (nSPS) is 23.1. The summed E-state index contributed by atoms with van der Waals surface area (Å²) in [6.07, 6.45) is 6.07. The van der Waals surface area contributed by atoms with Crippen LogP contribution in [0.2, 0.25) is 0 Å². The highest BCUT2D eigenvalue weighted by atomic mass is 16.3. The average Bonchev–Trinajstić information content (AvgIpc) is 2.46. The second-order valence-electron chi connectivity index (χ2n) is 5.21. The molecule has 0 radical (unpaired) electrons. The Morgan fingerprint density at radius 3 is 2.74 bits per heavy atom. The fraction of sp³-hybridized carbons (Fsp3) is 0.600. The molecule has 4 nitrogen and oxygen atoms in total. The zero-order chi connectivity index (χ0) is 13.8. The number of aliphatic hydroxyl groups excluding tert-OH is 1. The van der Waals surface area contributed by atoms with Gasteiger partial charge in [0.1, 0.15) is 5.69 Å². The van der Waals surface area contributed by atoms with E-state index in [0.717, 1.165) is 31.4 Å². The van der Waals surface area contributed by atoms with E-state index in [9.17, 15) is 9.90 Å². The summed E-state index contributed by atoms with van der Waals surface area (Å²) >= 11 is 0. The SMILES string of the molecule is CCC(=O)c1ccc(N(C)C2CCCCC2O)cn1. The maximum atomic E-state index is 11.5. The van der Waals surface area contributed by atoms with Crippen molar-refractivity contribution in [3.8, 4) is 0 Å². The van der Waals surface area contributed by atoms with Crippen molar-refractivity contribution in [2.45, 2.75) is 51.2 Å². The first-order valence-corrected chi connectivity index (χ1v) is 7.03. The van der Waals surface area contributed by atoms with Crippen LogP contribution in [0.1, 0.15) is 49.5 Å². The molecule has 4 heteroatoms. The number of aliphatic hydroxyl groups is 1. The van der Waals surface area contributed by atoms with Gasteiger partial charge in [-0.25, -0.2) is 0 Å². The zero-order valence-corrected chi connectivity index (χ0v) is 11.7. The van der Waals surface area contributed by atoms with Gasteiger partial charge in [0.25, 0.3) is 0 Å². The Labute approximate surface area is 114 Å². The Bertz CT molecular complexity index is 430. The molecule has 19 heavy (non-hydrogen) atoms. The third-order valence-electron chi connectivity index (χ3n) is 3.95. The third kappa shape index (κ3) is 3.13. The predicted molar refractivity (Wildman–Crippen MR) is 75.5 cm³/mol. The van der Waals surface area contributed by atoms with Crippen molar-refractivity contribution in [3.05, 3.63) is 24.0 Å². The van der Waals surface area contributed by atoms with Gasteiger partial charge in [-0.3, -0.25) is 9.78 Å². The molecule has 1 saturated carbocycles. The van der Waals surface area contributed by atoms with Gasteiger partial charge in [-0.2, -0.15) is 0 Å². The van der Waals surface area contributed by atoms with Crippen LogP contribution in [0.15, 0.2) is 18.3 Å². The molecule has 0 spiro atoms. The number of carbonyl (C=O) groups is 1. The van der Waals surface area contributed by atoms with Gasteiger partial charge in [0, 0.05) is 13.5 Å². The summed E-state index contributed by atoms with van der Waals surface area (Å²) in [7, 11) is 1.98. The maximum Gasteiger partial charge on any atom is 0.180 e. The molecular formula is C15H22N2O2. The number of rotatable bonds is 4. The van der Waals surface area contributed by atoms with Gasteiger partial charge in [0.05, 0.1) is 24.0 Å². The summed E-state index contributed by atoms with van der Waals surface area (Å²) in [6.45, 7) is 1.84. The Morgan fingerprint density at radius 1 is 1.42 bits per heavy atom. The number of hydrogen-bond acceptors (Lipinski definition) is 4. The first-order chi connectivity index (χ1) is 9.13. The Kier molecular flexibility index (Phi) is 4.53. The van der Waals surface area contributed by atoms with Crippen LogP contribution >= 0.6 is 0 Å². The topological polar surface area (TPSA) is 53.4 Å². The fourth-order valence-corrected chi connectivity index (χ4v) is 2.68. The molecule has 1 N–H and O–H groups in total. The summed E-state index contributed by atoms with van der Waals surface area (Å²) in [5, 5.41) is 10.1. The van der Waals surface area contributed by atoms with Crippen molar-refractivity contribution >= 4 is 11.5 Å². The predicted octanol–water partition coefficient (Wildman–Crippen LogP) is 2.41. The van der Waals surface area contributed by atoms with Crippen LogP contribution in [-0.2, 0) is 0 Å². The number of aromatic nitrogens is 1. The van der Waals surface area contributed by atoms with Crippen molar-refractivity contribution < 1.29 is 9.90 Å². The number of carbonyl (C=O) groups excluding carboxylic acids is 1. The molecule has 0 aliphatic heterocycles. The van der Waals surface area contributed by atoms with E-state index in [1.54, 1.807) is 12.3 Å². The van der Waals surface area contributed by atoms with Crippen molar-refractivity contribution in [1.82, 2.24) is 4.98 Å². The first kappa shape index (κ1) is 14.0. The standard InChI is InChI=1S/C15H22N2O2/c1-3-14(18)12-9-8-11(10-16-12)17(2)13-6-4-5-7-15(13)19/h8-10,13,15,19H,3-7H2,1-2H3. The van der Waals surface area contributed by atoms with Crippen molar-refractivity contribution in [1.29, 1.82) is 0 Å². The van der Waals surface area contributed by atoms with Crippen LogP contribution in [0.3, 0.4) is 0 Å². The monoisotopic (exact) mass is 262 g/mol. The lowest BCUT2D eigenvalue weighted by Gasteiger charge is -2.36. The summed E-state index contributed by atoms with van der Waals surface area (Å²) in [5.41, 5.74) is 1.47. The molecule has 1 aliphatic carbocycles. The summed E-state index contributed by atoms with van der Waals surface area (Å²) < 4.78 is 0. The summed E-state index contributed by atoms with van der Waals surface area (Å²) in [5.74, 6) is 0.0619. The lowest BCUT2D eigenvalue weighted by molar-refractivity contribution is 0.0982. The van der Waals surface area contributed by atoms with Crippen molar-refractivity contribution in [2.24, 2.45) is 0 Å². The van der Waals surface area contributed by atoms with Crippen LogP contribution in [0.5, 0.6) is 0 Å². The molecule has 1 heterocycles. The van der Waals surface area contributed by atoms with Gasteiger partial charge in [0.2, 0.25) is 0 Å². The molecule has 2 unspecified atom stereocenters. The molecule has 1 aliphatic rings. The Balaban J connectivity index is 2.10. The minimum absolute atomic E-state index is 0.0619. The van der Waals surface area contributed by atoms with Crippen LogP contribution in [0, 0.1) is 0 Å². The Morgan fingerprint density at radius 2 is 2.16 bits per heavy atom. The highest BCUT2D eigenvalue weighted by molar-refractivity contribution is 5.94. The van der Waals surface area contributed by atoms with E-state index in [0.29, 0.717) is 12.1 Å². The number of hydrogen-bond donors (Lipinski definition) is 1. The molecule has 0 saturated heterocycles. The number of anilines is 1. The molecule has 1 fully saturated rings. The first-order valence-electron chi connectivity index (χ1n) is 7.03. The molecule has 1 aromatic rings. The smallest absolute Gasteiger partial charge is 0.180 e. The molecule has 1 aromatic heterocycles. The van der Waals surface area contributed by atoms with E-state index in [-0.39, 0.29) is 17.9 Å². The van der Waals surface area contributed by atoms with Gasteiger partial charge in [0.15, 0.2) is 5.78 Å². The fourth-order valence-electron chi connectivity index (χ4n) is 2.68. The molecule has 0 bridgehead atoms. The number of nitrogens with zero attached hydrogens (tertiary/aromatic N) is 2. The lowest BCUT2D eigenvalue weighted by Crippen LogP contribution is -2.43. The summed E-state index contributed by atoms with van der Waals surface area (Å²) in [6, 6.07) is 3.84. The maximum absolute atomic E-state index is 11.5. The molecule has 104 valence electrons. The Hall–Kier alpha value is -1.42. The number of likely N-dealkylation sites (N-methyl/N-ethyl adjacent to an activating group) is 1. The molecule has 2 rings (SSSR count). The molecule has 2 atom stereocenters. The second-order valence-corrected chi connectivity index (χ2v) is 5.21. The molecule has 0 amide bonds. The minimum atomic E-state index is -0.268. The van der Waals surface area contributed by atoms with Gasteiger partial charge in [-0.15, -0.1) is 0 Å². The van der Waals surface area contributed by atoms with Crippen molar-refractivity contribution in [2.75, 3.05) is 11.9 Å². The van der Waals surface area contributed by atoms with Crippen molar-refractivity contribution in [3.63, 3.8) is 0 Å². The molecular weight excluding hydrogens is 240 g/mol. The quantitative estimate of drug-likeness (QED) is 0.847. The zero-order valence-electron chi connectivity index (χ0n) is 11.7. The van der Waals surface area contributed by atoms with E-state index < -0.39 is 0 Å². The third-order valence-corrected chi connectivity index (χ3v) is 3.95. The lowest BCUT2D eigenvalue weighted by atomic mass is 9.91. The number of Topliss-reactive ketones (excluding diaryl/α,β-unsaturated/α-hetero) is 1. The van der Waals surface area contributed by atoms with E-state index in [4.69, 9.17) is 0 Å². The van der Waals surface area contributed by atoms with E-state index in [2.05, 4.69) is 9.88 Å². The average molecular weight is 262 g/mol. The van der Waals surface area contributed by atoms with Gasteiger partial charge in [-0.05, 0) is 25.0 Å². The van der Waals surface area contributed by atoms with Crippen LogP contribution in [-0.4, -0.2) is 35.1 Å². The van der Waals surface area contributed by atoms with E-state index >= 15 is 0 Å². The van der Waals surface area contributed by atoms with E-state index in [1.165, 1.54) is 0 Å². The largest absolute Gasteiger partial charge is 0.391 e. The van der Waals surface area contributed by atoms with Gasteiger partial charge >= 0.3 is 0 Å².